The van der Waals surface area contributed by atoms with Gasteiger partial charge in [0.2, 0.25) is 0 Å². The monoisotopic (exact) mass is 338 g/mol. The molecule has 2 rings (SSSR count). The zero-order valence-corrected chi connectivity index (χ0v) is 13.9. The fourth-order valence-corrected chi connectivity index (χ4v) is 2.76. The van der Waals surface area contributed by atoms with Crippen molar-refractivity contribution in [1.82, 2.24) is 10.2 Å². The van der Waals surface area contributed by atoms with E-state index < -0.39 is 17.7 Å². The number of urea groups is 1. The molecule has 1 aliphatic rings. The van der Waals surface area contributed by atoms with E-state index in [4.69, 9.17) is 4.74 Å². The van der Waals surface area contributed by atoms with Gasteiger partial charge in [0.25, 0.3) is 5.91 Å². The van der Waals surface area contributed by atoms with Crippen LogP contribution in [0.25, 0.3) is 0 Å². The number of hydrogen-bond donors (Lipinski definition) is 2. The van der Waals surface area contributed by atoms with Crippen molar-refractivity contribution >= 4 is 11.9 Å². The minimum Gasteiger partial charge on any atom is -0.389 e. The highest BCUT2D eigenvalue weighted by atomic mass is 19.1. The van der Waals surface area contributed by atoms with Crippen LogP contribution in [-0.2, 0) is 16.1 Å². The fraction of sp³-hybridized carbons (Fsp3) is 0.529. The van der Waals surface area contributed by atoms with E-state index in [-0.39, 0.29) is 31.5 Å². The maximum Gasteiger partial charge on any atom is 0.325 e. The third kappa shape index (κ3) is 3.73. The van der Waals surface area contributed by atoms with Crippen molar-refractivity contribution in [3.63, 3.8) is 0 Å². The standard InChI is InChI=1S/C17H23FN2O4/c1-3-17(4-2)15(22)20(16(23)19-17)9-13(21)11-24-10-12-7-5-6-8-14(12)18/h5-8,13,21H,3-4,9-11H2,1-2H3,(H,19,23)/t13-/m0/s1. The van der Waals surface area contributed by atoms with Gasteiger partial charge in [0.05, 0.1) is 25.9 Å². The SMILES string of the molecule is CCC1(CC)NC(=O)N(C[C@H](O)COCc2ccccc2F)C1=O. The first-order valence-electron chi connectivity index (χ1n) is 8.06. The van der Waals surface area contributed by atoms with Crippen LogP contribution in [0.3, 0.4) is 0 Å². The summed E-state index contributed by atoms with van der Waals surface area (Å²) in [7, 11) is 0. The number of ether oxygens (including phenoxy) is 1. The Morgan fingerprint density at radius 2 is 1.96 bits per heavy atom. The quantitative estimate of drug-likeness (QED) is 0.709. The van der Waals surface area contributed by atoms with E-state index in [1.54, 1.807) is 18.2 Å². The number of carbonyl (C=O) groups excluding carboxylic acids is 2. The molecule has 1 fully saturated rings. The van der Waals surface area contributed by atoms with Crippen LogP contribution in [0.5, 0.6) is 0 Å². The lowest BCUT2D eigenvalue weighted by atomic mass is 9.93. The number of amides is 3. The van der Waals surface area contributed by atoms with Crippen LogP contribution in [0, 0.1) is 5.82 Å². The Morgan fingerprint density at radius 3 is 2.54 bits per heavy atom. The number of aliphatic hydroxyl groups is 1. The molecular formula is C17H23FN2O4. The van der Waals surface area contributed by atoms with Gasteiger partial charge in [0.15, 0.2) is 0 Å². The van der Waals surface area contributed by atoms with Crippen molar-refractivity contribution in [2.75, 3.05) is 13.2 Å². The van der Waals surface area contributed by atoms with E-state index in [0.717, 1.165) is 4.90 Å². The number of aliphatic hydroxyl groups excluding tert-OH is 1. The first-order valence-corrected chi connectivity index (χ1v) is 8.06. The molecule has 1 heterocycles. The highest BCUT2D eigenvalue weighted by Crippen LogP contribution is 2.25. The van der Waals surface area contributed by atoms with Crippen LogP contribution in [0.4, 0.5) is 9.18 Å². The number of carbonyl (C=O) groups is 2. The van der Waals surface area contributed by atoms with Crippen molar-refractivity contribution < 1.29 is 23.8 Å². The Hall–Kier alpha value is -1.99. The average Bonchev–Trinajstić information content (AvgIpc) is 2.81. The Kier molecular flexibility index (Phi) is 5.90. The van der Waals surface area contributed by atoms with Gasteiger partial charge in [-0.1, -0.05) is 32.0 Å². The molecule has 0 bridgehead atoms. The third-order valence-electron chi connectivity index (χ3n) is 4.37. The molecule has 0 unspecified atom stereocenters. The number of nitrogens with one attached hydrogen (secondary N) is 1. The molecule has 0 saturated carbocycles. The van der Waals surface area contributed by atoms with Crippen LogP contribution in [0.2, 0.25) is 0 Å². The van der Waals surface area contributed by atoms with Crippen molar-refractivity contribution in [2.45, 2.75) is 44.9 Å². The maximum atomic E-state index is 13.5. The molecule has 3 amide bonds. The molecule has 0 radical (unpaired) electrons. The topological polar surface area (TPSA) is 78.9 Å². The number of hydrogen-bond acceptors (Lipinski definition) is 4. The second kappa shape index (κ2) is 7.72. The predicted octanol–water partition coefficient (Wildman–Crippen LogP) is 1.81. The summed E-state index contributed by atoms with van der Waals surface area (Å²) < 4.78 is 18.7. The Balaban J connectivity index is 1.86. The summed E-state index contributed by atoms with van der Waals surface area (Å²) in [4.78, 5) is 25.4. The van der Waals surface area contributed by atoms with Crippen molar-refractivity contribution in [1.29, 1.82) is 0 Å². The van der Waals surface area contributed by atoms with Crippen molar-refractivity contribution in [3.05, 3.63) is 35.6 Å². The van der Waals surface area contributed by atoms with E-state index in [1.807, 2.05) is 13.8 Å². The molecule has 1 aromatic rings. The van der Waals surface area contributed by atoms with Crippen LogP contribution in [0.15, 0.2) is 24.3 Å². The zero-order chi connectivity index (χ0) is 17.7. The molecule has 1 aliphatic heterocycles. The summed E-state index contributed by atoms with van der Waals surface area (Å²) >= 11 is 0. The van der Waals surface area contributed by atoms with Crippen LogP contribution < -0.4 is 5.32 Å². The van der Waals surface area contributed by atoms with Gasteiger partial charge < -0.3 is 15.2 Å². The zero-order valence-electron chi connectivity index (χ0n) is 13.9. The highest BCUT2D eigenvalue weighted by Gasteiger charge is 2.48. The molecule has 0 aromatic heterocycles. The Labute approximate surface area is 140 Å². The Morgan fingerprint density at radius 1 is 1.29 bits per heavy atom. The van der Waals surface area contributed by atoms with Crippen LogP contribution >= 0.6 is 0 Å². The predicted molar refractivity (Wildman–Crippen MR) is 85.6 cm³/mol. The molecule has 1 saturated heterocycles. The van der Waals surface area contributed by atoms with Gasteiger partial charge in [-0.15, -0.1) is 0 Å². The second-order valence-electron chi connectivity index (χ2n) is 5.90. The summed E-state index contributed by atoms with van der Waals surface area (Å²) in [5.41, 5.74) is -0.499. The van der Waals surface area contributed by atoms with Crippen LogP contribution in [-0.4, -0.2) is 46.7 Å². The number of halogens is 1. The van der Waals surface area contributed by atoms with Crippen molar-refractivity contribution in [3.8, 4) is 0 Å². The first-order chi connectivity index (χ1) is 11.4. The first kappa shape index (κ1) is 18.4. The Bertz CT molecular complexity index is 604. The van der Waals surface area contributed by atoms with E-state index in [9.17, 15) is 19.1 Å². The second-order valence-corrected chi connectivity index (χ2v) is 5.90. The molecule has 6 nitrogen and oxygen atoms in total. The van der Waals surface area contributed by atoms with Gasteiger partial charge in [0.1, 0.15) is 11.4 Å². The van der Waals surface area contributed by atoms with Gasteiger partial charge in [-0.3, -0.25) is 9.69 Å². The van der Waals surface area contributed by atoms with Gasteiger partial charge in [0, 0.05) is 5.56 Å². The molecule has 0 aliphatic carbocycles. The third-order valence-corrected chi connectivity index (χ3v) is 4.37. The molecule has 0 spiro atoms. The molecule has 24 heavy (non-hydrogen) atoms. The number of rotatable bonds is 8. The molecule has 7 heteroatoms. The summed E-state index contributed by atoms with van der Waals surface area (Å²) in [6.45, 7) is 3.43. The largest absolute Gasteiger partial charge is 0.389 e. The minimum absolute atomic E-state index is 0.0116. The summed E-state index contributed by atoms with van der Waals surface area (Å²) in [6.07, 6.45) is -0.0504. The van der Waals surface area contributed by atoms with Gasteiger partial charge in [-0.05, 0) is 18.9 Å². The normalized spacial score (nSPS) is 17.9. The molecular weight excluding hydrogens is 315 g/mol. The molecule has 132 valence electrons. The summed E-state index contributed by atoms with van der Waals surface area (Å²) in [6, 6.07) is 5.70. The van der Waals surface area contributed by atoms with Crippen LogP contribution in [0.1, 0.15) is 32.3 Å². The number of β-amino-alcohol motifs (C(OH)–C–C–N with tert-alkyl or cyclic N) is 1. The molecule has 2 N–H and O–H groups in total. The highest BCUT2D eigenvalue weighted by molar-refractivity contribution is 6.07. The van der Waals surface area contributed by atoms with Gasteiger partial charge in [-0.25, -0.2) is 9.18 Å². The maximum absolute atomic E-state index is 13.5. The number of imide groups is 1. The number of benzene rings is 1. The van der Waals surface area contributed by atoms with E-state index in [0.29, 0.717) is 18.4 Å². The van der Waals surface area contributed by atoms with Crippen molar-refractivity contribution in [2.24, 2.45) is 0 Å². The lowest BCUT2D eigenvalue weighted by Gasteiger charge is -2.23. The lowest BCUT2D eigenvalue weighted by molar-refractivity contribution is -0.133. The van der Waals surface area contributed by atoms with E-state index in [2.05, 4.69) is 5.32 Å². The summed E-state index contributed by atoms with van der Waals surface area (Å²) in [5, 5.41) is 12.7. The van der Waals surface area contributed by atoms with Gasteiger partial charge >= 0.3 is 6.03 Å². The minimum atomic E-state index is -1.03. The number of nitrogens with zero attached hydrogens (tertiary/aromatic N) is 1. The smallest absolute Gasteiger partial charge is 0.325 e. The van der Waals surface area contributed by atoms with E-state index in [1.165, 1.54) is 6.07 Å². The fourth-order valence-electron chi connectivity index (χ4n) is 2.76. The van der Waals surface area contributed by atoms with Gasteiger partial charge in [-0.2, -0.15) is 0 Å². The molecule has 1 aromatic carbocycles. The average molecular weight is 338 g/mol. The summed E-state index contributed by atoms with van der Waals surface area (Å²) in [5.74, 6) is -0.706. The van der Waals surface area contributed by atoms with E-state index >= 15 is 0 Å². The lowest BCUT2D eigenvalue weighted by Crippen LogP contribution is -2.46. The molecule has 1 atom stereocenters.